The van der Waals surface area contributed by atoms with E-state index in [4.69, 9.17) is 9.15 Å². The quantitative estimate of drug-likeness (QED) is 0.635. The van der Waals surface area contributed by atoms with Crippen molar-refractivity contribution >= 4 is 11.6 Å². The molecule has 3 rings (SSSR count). The number of ketones is 2. The van der Waals surface area contributed by atoms with E-state index < -0.39 is 12.0 Å². The molecule has 2 unspecified atom stereocenters. The van der Waals surface area contributed by atoms with E-state index in [9.17, 15) is 9.59 Å². The van der Waals surface area contributed by atoms with Crippen molar-refractivity contribution in [2.24, 2.45) is 5.92 Å². The molecule has 2 heterocycles. The molecule has 0 bridgehead atoms. The van der Waals surface area contributed by atoms with Gasteiger partial charge in [-0.2, -0.15) is 0 Å². The molecule has 1 aromatic heterocycles. The van der Waals surface area contributed by atoms with Gasteiger partial charge in [0.2, 0.25) is 5.78 Å². The molecule has 4 heteroatoms. The molecule has 2 atom stereocenters. The lowest BCUT2D eigenvalue weighted by atomic mass is 9.84. The minimum Gasteiger partial charge on any atom is -0.488 e. The van der Waals surface area contributed by atoms with Crippen LogP contribution in [0.15, 0.2) is 47.1 Å². The molecule has 1 aromatic carbocycles. The Morgan fingerprint density at radius 3 is 2.70 bits per heavy atom. The second-order valence-electron chi connectivity index (χ2n) is 4.74. The average Bonchev–Trinajstić information content (AvgIpc) is 3.00. The van der Waals surface area contributed by atoms with Crippen molar-refractivity contribution in [2.45, 2.75) is 19.4 Å². The van der Waals surface area contributed by atoms with Crippen molar-refractivity contribution in [3.8, 4) is 5.75 Å². The molecule has 2 aromatic rings. The van der Waals surface area contributed by atoms with Crippen LogP contribution in [0.1, 0.15) is 34.3 Å². The summed E-state index contributed by atoms with van der Waals surface area (Å²) in [5.41, 5.74) is 0.460. The molecule has 20 heavy (non-hydrogen) atoms. The maximum atomic E-state index is 12.6. The SMILES string of the molecule is CCC1Oc2ccccc2C(=O)C1C(=O)c1ccco1. The first-order valence-electron chi connectivity index (χ1n) is 6.60. The monoisotopic (exact) mass is 270 g/mol. The number of carbonyl (C=O) groups excluding carboxylic acids is 2. The van der Waals surface area contributed by atoms with E-state index in [0.717, 1.165) is 0 Å². The van der Waals surface area contributed by atoms with Crippen molar-refractivity contribution in [1.82, 2.24) is 0 Å². The summed E-state index contributed by atoms with van der Waals surface area (Å²) >= 11 is 0. The first-order chi connectivity index (χ1) is 9.72. The highest BCUT2D eigenvalue weighted by atomic mass is 16.5. The molecule has 0 radical (unpaired) electrons. The van der Waals surface area contributed by atoms with Crippen LogP contribution >= 0.6 is 0 Å². The highest BCUT2D eigenvalue weighted by molar-refractivity contribution is 6.17. The first-order valence-corrected chi connectivity index (χ1v) is 6.60. The Hall–Kier alpha value is -2.36. The maximum absolute atomic E-state index is 12.6. The third-order valence-electron chi connectivity index (χ3n) is 3.53. The smallest absolute Gasteiger partial charge is 0.212 e. The summed E-state index contributed by atoms with van der Waals surface area (Å²) in [4.78, 5) is 25.0. The molecule has 0 N–H and O–H groups in total. The number of Topliss-reactive ketones (excluding diaryl/α,β-unsaturated/α-hetero) is 2. The highest BCUT2D eigenvalue weighted by Crippen LogP contribution is 2.33. The number of rotatable bonds is 3. The van der Waals surface area contributed by atoms with E-state index in [0.29, 0.717) is 17.7 Å². The van der Waals surface area contributed by atoms with Crippen LogP contribution in [0.25, 0.3) is 0 Å². The van der Waals surface area contributed by atoms with Crippen LogP contribution in [0.2, 0.25) is 0 Å². The van der Waals surface area contributed by atoms with Crippen LogP contribution in [0.4, 0.5) is 0 Å². The summed E-state index contributed by atoms with van der Waals surface area (Å²) in [6.07, 6.45) is 1.56. The average molecular weight is 270 g/mol. The third-order valence-corrected chi connectivity index (χ3v) is 3.53. The summed E-state index contributed by atoms with van der Waals surface area (Å²) in [7, 11) is 0. The Labute approximate surface area is 116 Å². The number of hydrogen-bond donors (Lipinski definition) is 0. The third kappa shape index (κ3) is 1.93. The Balaban J connectivity index is 2.02. The first kappa shape index (κ1) is 12.7. The van der Waals surface area contributed by atoms with E-state index in [1.54, 1.807) is 30.3 Å². The fourth-order valence-electron chi connectivity index (χ4n) is 2.52. The van der Waals surface area contributed by atoms with Gasteiger partial charge in [-0.15, -0.1) is 0 Å². The van der Waals surface area contributed by atoms with Gasteiger partial charge in [0.15, 0.2) is 11.5 Å². The predicted octanol–water partition coefficient (Wildman–Crippen LogP) is 3.13. The van der Waals surface area contributed by atoms with Crippen molar-refractivity contribution in [2.75, 3.05) is 0 Å². The summed E-state index contributed by atoms with van der Waals surface area (Å²) in [5.74, 6) is -0.597. The van der Waals surface area contributed by atoms with E-state index in [2.05, 4.69) is 0 Å². The second kappa shape index (κ2) is 4.96. The van der Waals surface area contributed by atoms with Gasteiger partial charge in [0.25, 0.3) is 0 Å². The molecule has 0 amide bonds. The molecule has 1 aliphatic heterocycles. The zero-order chi connectivity index (χ0) is 14.1. The predicted molar refractivity (Wildman–Crippen MR) is 72.0 cm³/mol. The van der Waals surface area contributed by atoms with Gasteiger partial charge in [-0.05, 0) is 30.7 Å². The number of hydrogen-bond acceptors (Lipinski definition) is 4. The number of benzene rings is 1. The lowest BCUT2D eigenvalue weighted by Gasteiger charge is -2.30. The molecular formula is C16H14O4. The Kier molecular flexibility index (Phi) is 3.14. The summed E-state index contributed by atoms with van der Waals surface area (Å²) in [6.45, 7) is 1.90. The van der Waals surface area contributed by atoms with Crippen molar-refractivity contribution < 1.29 is 18.7 Å². The van der Waals surface area contributed by atoms with Crippen molar-refractivity contribution in [3.63, 3.8) is 0 Å². The summed E-state index contributed by atoms with van der Waals surface area (Å²) < 4.78 is 10.9. The lowest BCUT2D eigenvalue weighted by molar-refractivity contribution is 0.0549. The van der Waals surface area contributed by atoms with Gasteiger partial charge in [-0.25, -0.2) is 0 Å². The van der Waals surface area contributed by atoms with Crippen LogP contribution in [0, 0.1) is 5.92 Å². The zero-order valence-corrected chi connectivity index (χ0v) is 11.0. The molecule has 0 spiro atoms. The van der Waals surface area contributed by atoms with Crippen LogP contribution in [-0.2, 0) is 0 Å². The molecule has 102 valence electrons. The fraction of sp³-hybridized carbons (Fsp3) is 0.250. The minimum absolute atomic E-state index is 0.194. The number of fused-ring (bicyclic) bond motifs is 1. The standard InChI is InChI=1S/C16H14O4/c1-2-11-14(16(18)13-8-5-9-19-13)15(17)10-6-3-4-7-12(10)20-11/h3-9,11,14H,2H2,1H3. The van der Waals surface area contributed by atoms with Gasteiger partial charge in [-0.1, -0.05) is 19.1 Å². The van der Waals surface area contributed by atoms with Crippen molar-refractivity contribution in [1.29, 1.82) is 0 Å². The van der Waals surface area contributed by atoms with Gasteiger partial charge in [0.05, 0.1) is 11.8 Å². The Morgan fingerprint density at radius 1 is 1.20 bits per heavy atom. The largest absolute Gasteiger partial charge is 0.488 e. The number of ether oxygens (including phenoxy) is 1. The normalized spacial score (nSPS) is 21.1. The minimum atomic E-state index is -0.832. The number of furan rings is 1. The van der Waals surface area contributed by atoms with E-state index in [-0.39, 0.29) is 17.3 Å². The highest BCUT2D eigenvalue weighted by Gasteiger charge is 2.42. The van der Waals surface area contributed by atoms with Gasteiger partial charge >= 0.3 is 0 Å². The zero-order valence-electron chi connectivity index (χ0n) is 11.0. The van der Waals surface area contributed by atoms with E-state index in [1.807, 2.05) is 13.0 Å². The Bertz CT molecular complexity index is 642. The van der Waals surface area contributed by atoms with Crippen LogP contribution in [0.3, 0.4) is 0 Å². The fourth-order valence-corrected chi connectivity index (χ4v) is 2.52. The van der Waals surface area contributed by atoms with Crippen LogP contribution in [-0.4, -0.2) is 17.7 Å². The van der Waals surface area contributed by atoms with E-state index >= 15 is 0 Å². The topological polar surface area (TPSA) is 56.5 Å². The summed E-state index contributed by atoms with van der Waals surface area (Å²) in [6, 6.07) is 10.2. The molecule has 1 aliphatic rings. The van der Waals surface area contributed by atoms with Gasteiger partial charge in [-0.3, -0.25) is 9.59 Å². The van der Waals surface area contributed by atoms with Gasteiger partial charge < -0.3 is 9.15 Å². The van der Waals surface area contributed by atoms with Crippen molar-refractivity contribution in [3.05, 3.63) is 54.0 Å². The number of para-hydroxylation sites is 1. The Morgan fingerprint density at radius 2 is 2.00 bits per heavy atom. The molecule has 0 saturated heterocycles. The van der Waals surface area contributed by atoms with Crippen LogP contribution in [0.5, 0.6) is 5.75 Å². The number of carbonyl (C=O) groups is 2. The molecule has 0 aliphatic carbocycles. The molecule has 0 fully saturated rings. The van der Waals surface area contributed by atoms with E-state index in [1.165, 1.54) is 6.26 Å². The second-order valence-corrected chi connectivity index (χ2v) is 4.74. The molecule has 0 saturated carbocycles. The van der Waals surface area contributed by atoms with Gasteiger partial charge in [0.1, 0.15) is 17.8 Å². The van der Waals surface area contributed by atoms with Gasteiger partial charge in [0, 0.05) is 0 Å². The molecular weight excluding hydrogens is 256 g/mol. The lowest BCUT2D eigenvalue weighted by Crippen LogP contribution is -2.42. The van der Waals surface area contributed by atoms with Crippen LogP contribution < -0.4 is 4.74 Å². The maximum Gasteiger partial charge on any atom is 0.212 e. The summed E-state index contributed by atoms with van der Waals surface area (Å²) in [5, 5.41) is 0. The molecule has 4 nitrogen and oxygen atoms in total.